The molecule has 0 heterocycles. The van der Waals surface area contributed by atoms with Crippen LogP contribution in [0.25, 0.3) is 0 Å². The van der Waals surface area contributed by atoms with Crippen LogP contribution in [0.4, 0.5) is 20.6 Å². The van der Waals surface area contributed by atoms with Crippen molar-refractivity contribution in [3.8, 4) is 0 Å². The minimum Gasteiger partial charge on any atom is -0.444 e. The van der Waals surface area contributed by atoms with Crippen LogP contribution in [0.5, 0.6) is 0 Å². The van der Waals surface area contributed by atoms with Gasteiger partial charge >= 0.3 is 6.09 Å². The van der Waals surface area contributed by atoms with E-state index in [2.05, 4.69) is 22.9 Å². The molecule has 19 heavy (non-hydrogen) atoms. The molecule has 7 heteroatoms. The maximum Gasteiger partial charge on any atom is 0.412 e. The fraction of sp³-hybridized carbons (Fsp3) is 0.333. The molecule has 5 nitrogen and oxygen atoms in total. The highest BCUT2D eigenvalue weighted by molar-refractivity contribution is 7.80. The monoisotopic (exact) mass is 285 g/mol. The zero-order valence-corrected chi connectivity index (χ0v) is 11.7. The van der Waals surface area contributed by atoms with Gasteiger partial charge in [0.25, 0.3) is 0 Å². The number of ether oxygens (including phenoxy) is 1. The number of halogens is 1. The Hall–Kier alpha value is -1.89. The van der Waals surface area contributed by atoms with Crippen molar-refractivity contribution in [1.29, 1.82) is 0 Å². The summed E-state index contributed by atoms with van der Waals surface area (Å²) >= 11 is 4.63. The normalized spacial score (nSPS) is 10.7. The molecule has 0 radical (unpaired) electrons. The van der Waals surface area contributed by atoms with Gasteiger partial charge < -0.3 is 15.8 Å². The standard InChI is InChI=1S/C12H16FN3O2S/c1-12(2,3)18-11(17)15-7-4-5-8(13)9(6-7)16-10(14)19/h4-6H,1-3H3,(H,15,17)(H3,14,16,19). The number of carbonyl (C=O) groups is 1. The highest BCUT2D eigenvalue weighted by Gasteiger charge is 2.16. The van der Waals surface area contributed by atoms with Gasteiger partial charge in [-0.25, -0.2) is 9.18 Å². The predicted octanol–water partition coefficient (Wildman–Crippen LogP) is 2.83. The molecule has 0 bridgehead atoms. The summed E-state index contributed by atoms with van der Waals surface area (Å²) in [6.45, 7) is 5.24. The first-order valence-corrected chi connectivity index (χ1v) is 5.94. The lowest BCUT2D eigenvalue weighted by Gasteiger charge is -2.19. The average molecular weight is 285 g/mol. The Balaban J connectivity index is 2.79. The minimum absolute atomic E-state index is 0.0617. The van der Waals surface area contributed by atoms with Crippen molar-refractivity contribution in [2.45, 2.75) is 26.4 Å². The fourth-order valence-corrected chi connectivity index (χ4v) is 1.36. The molecule has 0 aliphatic carbocycles. The summed E-state index contributed by atoms with van der Waals surface area (Å²) in [5, 5.41) is 4.90. The van der Waals surface area contributed by atoms with Crippen LogP contribution in [-0.2, 0) is 4.74 Å². The molecule has 0 aliphatic heterocycles. The van der Waals surface area contributed by atoms with Gasteiger partial charge in [-0.15, -0.1) is 0 Å². The van der Waals surface area contributed by atoms with E-state index >= 15 is 0 Å². The number of benzene rings is 1. The lowest BCUT2D eigenvalue weighted by Crippen LogP contribution is -2.27. The van der Waals surface area contributed by atoms with Crippen LogP contribution in [0, 0.1) is 5.82 Å². The third-order valence-electron chi connectivity index (χ3n) is 1.87. The zero-order valence-electron chi connectivity index (χ0n) is 10.9. The third kappa shape index (κ3) is 5.52. The zero-order chi connectivity index (χ0) is 14.6. The molecule has 0 unspecified atom stereocenters. The number of hydrogen-bond acceptors (Lipinski definition) is 3. The molecule has 0 spiro atoms. The van der Waals surface area contributed by atoms with E-state index in [1.807, 2.05) is 0 Å². The second-order valence-corrected chi connectivity index (χ2v) is 5.25. The molecule has 1 aromatic rings. The first-order valence-electron chi connectivity index (χ1n) is 5.53. The van der Waals surface area contributed by atoms with Crippen molar-refractivity contribution in [1.82, 2.24) is 0 Å². The van der Waals surface area contributed by atoms with Crippen LogP contribution in [0.15, 0.2) is 18.2 Å². The van der Waals surface area contributed by atoms with E-state index in [0.717, 1.165) is 0 Å². The van der Waals surface area contributed by atoms with Crippen LogP contribution >= 0.6 is 12.2 Å². The number of nitrogens with two attached hydrogens (primary N) is 1. The van der Waals surface area contributed by atoms with E-state index in [-0.39, 0.29) is 10.8 Å². The van der Waals surface area contributed by atoms with Crippen LogP contribution < -0.4 is 16.4 Å². The maximum atomic E-state index is 13.4. The van der Waals surface area contributed by atoms with Gasteiger partial charge in [-0.05, 0) is 51.2 Å². The van der Waals surface area contributed by atoms with Gasteiger partial charge in [0.15, 0.2) is 5.11 Å². The highest BCUT2D eigenvalue weighted by atomic mass is 32.1. The second kappa shape index (κ2) is 5.83. The quantitative estimate of drug-likeness (QED) is 0.728. The Morgan fingerprint density at radius 1 is 1.37 bits per heavy atom. The Morgan fingerprint density at radius 2 is 2.00 bits per heavy atom. The van der Waals surface area contributed by atoms with Crippen LogP contribution in [-0.4, -0.2) is 16.8 Å². The number of anilines is 2. The average Bonchev–Trinajstić information content (AvgIpc) is 2.19. The van der Waals surface area contributed by atoms with E-state index in [9.17, 15) is 9.18 Å². The lowest BCUT2D eigenvalue weighted by atomic mass is 10.2. The van der Waals surface area contributed by atoms with E-state index < -0.39 is 17.5 Å². The summed E-state index contributed by atoms with van der Waals surface area (Å²) in [4.78, 5) is 11.5. The number of rotatable bonds is 2. The molecule has 0 atom stereocenters. The van der Waals surface area contributed by atoms with E-state index in [4.69, 9.17) is 10.5 Å². The van der Waals surface area contributed by atoms with Crippen molar-refractivity contribution in [3.63, 3.8) is 0 Å². The SMILES string of the molecule is CC(C)(C)OC(=O)Nc1ccc(F)c(NC(N)=S)c1. The summed E-state index contributed by atoms with van der Waals surface area (Å²) in [6, 6.07) is 3.97. The Labute approximate surface area is 116 Å². The molecule has 0 aromatic heterocycles. The van der Waals surface area contributed by atoms with Crippen molar-refractivity contribution in [3.05, 3.63) is 24.0 Å². The van der Waals surface area contributed by atoms with Gasteiger partial charge in [0.05, 0.1) is 5.69 Å². The summed E-state index contributed by atoms with van der Waals surface area (Å²) < 4.78 is 18.5. The van der Waals surface area contributed by atoms with Crippen LogP contribution in [0.2, 0.25) is 0 Å². The van der Waals surface area contributed by atoms with Crippen LogP contribution in [0.1, 0.15) is 20.8 Å². The Kier molecular flexibility index (Phi) is 4.66. The molecule has 1 aromatic carbocycles. The highest BCUT2D eigenvalue weighted by Crippen LogP contribution is 2.20. The number of nitrogens with one attached hydrogen (secondary N) is 2. The molecule has 4 N–H and O–H groups in total. The summed E-state index contributed by atoms with van der Waals surface area (Å²) in [6.07, 6.45) is -0.625. The molecule has 0 fully saturated rings. The summed E-state index contributed by atoms with van der Waals surface area (Å²) in [7, 11) is 0. The van der Waals surface area contributed by atoms with E-state index in [0.29, 0.717) is 5.69 Å². The predicted molar refractivity (Wildman–Crippen MR) is 76.7 cm³/mol. The van der Waals surface area contributed by atoms with Crippen molar-refractivity contribution >= 4 is 34.8 Å². The number of thiocarbonyl (C=S) groups is 1. The maximum absolute atomic E-state index is 13.4. The fourth-order valence-electron chi connectivity index (χ4n) is 1.25. The number of carbonyl (C=O) groups excluding carboxylic acids is 1. The Morgan fingerprint density at radius 3 is 2.53 bits per heavy atom. The van der Waals surface area contributed by atoms with E-state index in [1.165, 1.54) is 18.2 Å². The summed E-state index contributed by atoms with van der Waals surface area (Å²) in [5.41, 5.74) is 5.12. The largest absolute Gasteiger partial charge is 0.444 e. The first-order chi connectivity index (χ1) is 8.67. The summed E-state index contributed by atoms with van der Waals surface area (Å²) in [5.74, 6) is -0.525. The van der Waals surface area contributed by atoms with Gasteiger partial charge in [0, 0.05) is 5.69 Å². The smallest absolute Gasteiger partial charge is 0.412 e. The lowest BCUT2D eigenvalue weighted by molar-refractivity contribution is 0.0636. The molecule has 0 saturated heterocycles. The van der Waals surface area contributed by atoms with E-state index in [1.54, 1.807) is 20.8 Å². The van der Waals surface area contributed by atoms with Crippen LogP contribution in [0.3, 0.4) is 0 Å². The molecule has 0 aliphatic rings. The first kappa shape index (κ1) is 15.2. The molecular formula is C12H16FN3O2S. The molecule has 1 rings (SSSR count). The second-order valence-electron chi connectivity index (χ2n) is 4.81. The molecule has 104 valence electrons. The minimum atomic E-state index is -0.625. The van der Waals surface area contributed by atoms with Gasteiger partial charge in [0.1, 0.15) is 11.4 Å². The van der Waals surface area contributed by atoms with Gasteiger partial charge in [-0.2, -0.15) is 0 Å². The van der Waals surface area contributed by atoms with Crippen molar-refractivity contribution in [2.24, 2.45) is 5.73 Å². The Bertz CT molecular complexity index is 500. The number of hydrogen-bond donors (Lipinski definition) is 3. The van der Waals surface area contributed by atoms with Gasteiger partial charge in [-0.1, -0.05) is 0 Å². The molecular weight excluding hydrogens is 269 g/mol. The third-order valence-corrected chi connectivity index (χ3v) is 1.97. The van der Waals surface area contributed by atoms with Crippen molar-refractivity contribution < 1.29 is 13.9 Å². The van der Waals surface area contributed by atoms with Crippen molar-refractivity contribution in [2.75, 3.05) is 10.6 Å². The topological polar surface area (TPSA) is 76.4 Å². The van der Waals surface area contributed by atoms with Gasteiger partial charge in [-0.3, -0.25) is 5.32 Å². The molecule has 0 saturated carbocycles. The molecule has 1 amide bonds. The number of amides is 1. The van der Waals surface area contributed by atoms with Gasteiger partial charge in [0.2, 0.25) is 0 Å².